The van der Waals surface area contributed by atoms with Crippen molar-refractivity contribution in [3.63, 3.8) is 0 Å². The second kappa shape index (κ2) is 12.7. The summed E-state index contributed by atoms with van der Waals surface area (Å²) in [5.74, 6) is 0.449. The average molecular weight is 579 g/mol. The van der Waals surface area contributed by atoms with Crippen LogP contribution < -0.4 is 10.1 Å². The van der Waals surface area contributed by atoms with Gasteiger partial charge in [0.1, 0.15) is 12.3 Å². The van der Waals surface area contributed by atoms with Crippen LogP contribution >= 0.6 is 11.6 Å². The predicted octanol–water partition coefficient (Wildman–Crippen LogP) is 7.10. The van der Waals surface area contributed by atoms with E-state index in [1.54, 1.807) is 31.4 Å². The predicted molar refractivity (Wildman–Crippen MR) is 166 cm³/mol. The summed E-state index contributed by atoms with van der Waals surface area (Å²) in [5.41, 5.74) is 6.05. The molecule has 4 aromatic carbocycles. The van der Waals surface area contributed by atoms with Gasteiger partial charge < -0.3 is 9.64 Å². The number of anilines is 1. The largest absolute Gasteiger partial charge is 0.497 e. The Labute approximate surface area is 250 Å². The molecule has 0 fully saturated rings. The van der Waals surface area contributed by atoms with E-state index < -0.39 is 0 Å². The molecule has 0 bridgehead atoms. The third-order valence-electron chi connectivity index (χ3n) is 7.04. The Morgan fingerprint density at radius 2 is 1.62 bits per heavy atom. The lowest BCUT2D eigenvalue weighted by atomic mass is 10.1. The molecule has 42 heavy (non-hydrogen) atoms. The van der Waals surface area contributed by atoms with Gasteiger partial charge in [-0.3, -0.25) is 19.5 Å². The normalized spacial score (nSPS) is 10.8. The van der Waals surface area contributed by atoms with E-state index in [1.165, 1.54) is 4.90 Å². The molecule has 5 aromatic rings. The van der Waals surface area contributed by atoms with E-state index in [2.05, 4.69) is 18.3 Å². The lowest BCUT2D eigenvalue weighted by molar-refractivity contribution is -0.117. The van der Waals surface area contributed by atoms with E-state index in [1.807, 2.05) is 84.4 Å². The Morgan fingerprint density at radius 3 is 2.29 bits per heavy atom. The highest BCUT2D eigenvalue weighted by Gasteiger charge is 2.21. The number of hydrogen-bond donors (Lipinski definition) is 1. The number of carbonyl (C=O) groups is 2. The third-order valence-corrected chi connectivity index (χ3v) is 7.29. The van der Waals surface area contributed by atoms with Crippen LogP contribution in [0.4, 0.5) is 5.95 Å². The van der Waals surface area contributed by atoms with Crippen LogP contribution in [0, 0.1) is 13.8 Å². The van der Waals surface area contributed by atoms with Gasteiger partial charge in [0.2, 0.25) is 11.9 Å². The van der Waals surface area contributed by atoms with Crippen LogP contribution in [0.5, 0.6) is 5.75 Å². The van der Waals surface area contributed by atoms with E-state index >= 15 is 0 Å². The van der Waals surface area contributed by atoms with E-state index in [4.69, 9.17) is 21.3 Å². The fraction of sp³-hybridized carbons (Fsp3) is 0.147. The maximum Gasteiger partial charge on any atom is 0.254 e. The van der Waals surface area contributed by atoms with Crippen molar-refractivity contribution in [1.82, 2.24) is 14.5 Å². The first-order chi connectivity index (χ1) is 20.3. The Balaban J connectivity index is 1.45. The quantitative estimate of drug-likeness (QED) is 0.202. The summed E-state index contributed by atoms with van der Waals surface area (Å²) >= 11 is 6.04. The number of aryl methyl sites for hydroxylation is 2. The summed E-state index contributed by atoms with van der Waals surface area (Å²) in [4.78, 5) is 33.4. The van der Waals surface area contributed by atoms with E-state index in [0.29, 0.717) is 22.2 Å². The standard InChI is InChI=1S/C34H31ClN4O3/c1-23-9-16-29(19-24(23)2)39-21-31(26-12-17-30(42-3)18-13-26)36-34(39)37-32(40)22-38(20-25-7-5-4-6-8-25)33(41)27-10-14-28(35)15-11-27/h4-19,21H,20,22H2,1-3H3,(H,36,37,40). The van der Waals surface area contributed by atoms with Gasteiger partial charge in [-0.05, 0) is 91.2 Å². The van der Waals surface area contributed by atoms with Gasteiger partial charge in [0.15, 0.2) is 0 Å². The SMILES string of the molecule is COc1ccc(-c2cn(-c3ccc(C)c(C)c3)c(NC(=O)CN(Cc3ccccc3)C(=O)c3ccc(Cl)cc3)n2)cc1. The topological polar surface area (TPSA) is 76.5 Å². The smallest absolute Gasteiger partial charge is 0.254 e. The molecular formula is C34H31ClN4O3. The Bertz CT molecular complexity index is 1700. The van der Waals surface area contributed by atoms with E-state index in [9.17, 15) is 9.59 Å². The zero-order chi connectivity index (χ0) is 29.6. The number of hydrogen-bond acceptors (Lipinski definition) is 4. The zero-order valence-electron chi connectivity index (χ0n) is 23.7. The molecule has 1 heterocycles. The van der Waals surface area contributed by atoms with Gasteiger partial charge in [0.25, 0.3) is 5.91 Å². The molecule has 0 aliphatic rings. The van der Waals surface area contributed by atoms with Gasteiger partial charge in [-0.15, -0.1) is 0 Å². The number of nitrogens with zero attached hydrogens (tertiary/aromatic N) is 3. The number of amides is 2. The number of benzene rings is 4. The lowest BCUT2D eigenvalue weighted by Gasteiger charge is -2.22. The number of rotatable bonds is 9. The van der Waals surface area contributed by atoms with Crippen LogP contribution in [0.2, 0.25) is 5.02 Å². The number of halogens is 1. The van der Waals surface area contributed by atoms with Gasteiger partial charge in [0.05, 0.1) is 12.8 Å². The molecule has 0 unspecified atom stereocenters. The number of aromatic nitrogens is 2. The van der Waals surface area contributed by atoms with Crippen molar-refractivity contribution in [3.05, 3.63) is 131 Å². The van der Waals surface area contributed by atoms with Crippen LogP contribution in [0.25, 0.3) is 16.9 Å². The summed E-state index contributed by atoms with van der Waals surface area (Å²) in [5, 5.41) is 3.49. The Morgan fingerprint density at radius 1 is 0.905 bits per heavy atom. The molecule has 0 saturated heterocycles. The number of carbonyl (C=O) groups excluding carboxylic acids is 2. The van der Waals surface area contributed by atoms with Crippen molar-refractivity contribution in [1.29, 1.82) is 0 Å². The number of ether oxygens (including phenoxy) is 1. The number of nitrogens with one attached hydrogen (secondary N) is 1. The molecule has 1 aromatic heterocycles. The maximum absolute atomic E-state index is 13.5. The minimum Gasteiger partial charge on any atom is -0.497 e. The van der Waals surface area contributed by atoms with Crippen LogP contribution in [0.1, 0.15) is 27.0 Å². The van der Waals surface area contributed by atoms with E-state index in [0.717, 1.165) is 33.7 Å². The van der Waals surface area contributed by atoms with Crippen molar-refractivity contribution in [2.75, 3.05) is 19.0 Å². The van der Waals surface area contributed by atoms with Crippen LogP contribution in [-0.2, 0) is 11.3 Å². The van der Waals surface area contributed by atoms with Gasteiger partial charge in [-0.25, -0.2) is 4.98 Å². The molecule has 5 rings (SSSR count). The van der Waals surface area contributed by atoms with Gasteiger partial charge in [-0.1, -0.05) is 48.0 Å². The van der Waals surface area contributed by atoms with Crippen LogP contribution in [0.3, 0.4) is 0 Å². The molecule has 0 aliphatic heterocycles. The summed E-state index contributed by atoms with van der Waals surface area (Å²) < 4.78 is 7.15. The lowest BCUT2D eigenvalue weighted by Crippen LogP contribution is -2.38. The Kier molecular flexibility index (Phi) is 8.69. The number of methoxy groups -OCH3 is 1. The van der Waals surface area contributed by atoms with Crippen molar-refractivity contribution < 1.29 is 14.3 Å². The maximum atomic E-state index is 13.5. The molecule has 8 heteroatoms. The number of imidazole rings is 1. The first-order valence-corrected chi connectivity index (χ1v) is 13.9. The summed E-state index contributed by atoms with van der Waals surface area (Å²) in [6.07, 6.45) is 1.89. The monoisotopic (exact) mass is 578 g/mol. The molecule has 2 amide bonds. The van der Waals surface area contributed by atoms with Gasteiger partial charge in [0, 0.05) is 34.6 Å². The summed E-state index contributed by atoms with van der Waals surface area (Å²) in [6, 6.07) is 29.9. The zero-order valence-corrected chi connectivity index (χ0v) is 24.4. The van der Waals surface area contributed by atoms with Gasteiger partial charge in [-0.2, -0.15) is 0 Å². The fourth-order valence-electron chi connectivity index (χ4n) is 4.56. The molecule has 1 N–H and O–H groups in total. The van der Waals surface area contributed by atoms with Gasteiger partial charge >= 0.3 is 0 Å². The molecule has 7 nitrogen and oxygen atoms in total. The molecular weight excluding hydrogens is 548 g/mol. The van der Waals surface area contributed by atoms with Crippen molar-refractivity contribution in [2.45, 2.75) is 20.4 Å². The molecule has 0 spiro atoms. The fourth-order valence-corrected chi connectivity index (χ4v) is 4.68. The Hall–Kier alpha value is -4.88. The molecule has 212 valence electrons. The summed E-state index contributed by atoms with van der Waals surface area (Å²) in [7, 11) is 1.62. The highest BCUT2D eigenvalue weighted by Crippen LogP contribution is 2.27. The average Bonchev–Trinajstić information content (AvgIpc) is 3.42. The first-order valence-electron chi connectivity index (χ1n) is 13.5. The van der Waals surface area contributed by atoms with Crippen molar-refractivity contribution in [3.8, 4) is 22.7 Å². The second-order valence-electron chi connectivity index (χ2n) is 10.0. The van der Waals surface area contributed by atoms with Crippen LogP contribution in [-0.4, -0.2) is 39.9 Å². The highest BCUT2D eigenvalue weighted by atomic mass is 35.5. The molecule has 0 radical (unpaired) electrons. The molecule has 0 saturated carbocycles. The van der Waals surface area contributed by atoms with Crippen molar-refractivity contribution in [2.24, 2.45) is 0 Å². The molecule has 0 aliphatic carbocycles. The highest BCUT2D eigenvalue weighted by molar-refractivity contribution is 6.30. The third kappa shape index (κ3) is 6.70. The first kappa shape index (κ1) is 28.6. The minimum absolute atomic E-state index is 0.173. The second-order valence-corrected chi connectivity index (χ2v) is 10.5. The van der Waals surface area contributed by atoms with Crippen LogP contribution in [0.15, 0.2) is 103 Å². The summed E-state index contributed by atoms with van der Waals surface area (Å²) in [6.45, 7) is 4.19. The molecule has 0 atom stereocenters. The minimum atomic E-state index is -0.370. The van der Waals surface area contributed by atoms with E-state index in [-0.39, 0.29) is 24.9 Å². The van der Waals surface area contributed by atoms with Crippen molar-refractivity contribution >= 4 is 29.4 Å².